The number of nitrogens with one attached hydrogen (secondary N) is 1. The summed E-state index contributed by atoms with van der Waals surface area (Å²) in [5.41, 5.74) is 3.01. The van der Waals surface area contributed by atoms with Gasteiger partial charge in [0, 0.05) is 24.5 Å². The first-order valence-electron chi connectivity index (χ1n) is 14.2. The number of carbonyl (C=O) groups excluding carboxylic acids is 2. The van der Waals surface area contributed by atoms with Crippen molar-refractivity contribution in [2.24, 2.45) is 0 Å². The summed E-state index contributed by atoms with van der Waals surface area (Å²) in [7, 11) is -4.15. The second kappa shape index (κ2) is 14.8. The Morgan fingerprint density at radius 2 is 1.47 bits per heavy atom. The van der Waals surface area contributed by atoms with Gasteiger partial charge in [-0.25, -0.2) is 8.42 Å². The quantitative estimate of drug-likeness (QED) is 0.199. The highest BCUT2D eigenvalue weighted by Gasteiger charge is 2.34. The average molecular weight is 618 g/mol. The molecule has 0 heterocycles. The molecule has 4 aromatic carbocycles. The van der Waals surface area contributed by atoms with Crippen LogP contribution in [-0.4, -0.2) is 44.3 Å². The van der Waals surface area contributed by atoms with Crippen LogP contribution in [0.4, 0.5) is 5.69 Å². The van der Waals surface area contributed by atoms with E-state index >= 15 is 0 Å². The van der Waals surface area contributed by atoms with Crippen LogP contribution in [-0.2, 0) is 32.6 Å². The van der Waals surface area contributed by atoms with Gasteiger partial charge in [0.05, 0.1) is 10.6 Å². The van der Waals surface area contributed by atoms with Crippen LogP contribution in [0.2, 0.25) is 5.02 Å². The topological polar surface area (TPSA) is 86.8 Å². The van der Waals surface area contributed by atoms with Crippen molar-refractivity contribution in [1.29, 1.82) is 0 Å². The van der Waals surface area contributed by atoms with E-state index in [1.165, 1.54) is 17.0 Å². The van der Waals surface area contributed by atoms with Gasteiger partial charge in [-0.05, 0) is 60.9 Å². The number of carbonyl (C=O) groups is 2. The van der Waals surface area contributed by atoms with Gasteiger partial charge < -0.3 is 10.2 Å². The van der Waals surface area contributed by atoms with Crippen molar-refractivity contribution in [2.75, 3.05) is 17.4 Å². The van der Waals surface area contributed by atoms with Crippen molar-refractivity contribution >= 4 is 39.1 Å². The fraction of sp³-hybridized carbons (Fsp3) is 0.235. The number of nitrogens with zero attached hydrogens (tertiary/aromatic N) is 2. The van der Waals surface area contributed by atoms with Gasteiger partial charge in [-0.3, -0.25) is 13.9 Å². The highest BCUT2D eigenvalue weighted by Crippen LogP contribution is 2.26. The Morgan fingerprint density at radius 1 is 0.837 bits per heavy atom. The number of hydrogen-bond acceptors (Lipinski definition) is 4. The third kappa shape index (κ3) is 8.46. The summed E-state index contributed by atoms with van der Waals surface area (Å²) < 4.78 is 29.0. The van der Waals surface area contributed by atoms with E-state index in [4.69, 9.17) is 11.6 Å². The standard InChI is InChI=1S/C34H36ClN3O4S/c1-3-21-36-34(40)32(23-27-12-6-4-7-13-27)37(24-28-14-10-11-26(2)22-28)33(39)25-38(30-19-17-29(35)18-20-30)43(41,42)31-15-8-5-9-16-31/h4-20,22,32H,3,21,23-25H2,1-2H3,(H,36,40)/t32-/m0/s1. The molecule has 9 heteroatoms. The van der Waals surface area contributed by atoms with Crippen molar-refractivity contribution in [3.63, 3.8) is 0 Å². The van der Waals surface area contributed by atoms with Gasteiger partial charge in [-0.2, -0.15) is 0 Å². The largest absolute Gasteiger partial charge is 0.354 e. The van der Waals surface area contributed by atoms with Crippen LogP contribution in [0.5, 0.6) is 0 Å². The van der Waals surface area contributed by atoms with E-state index in [1.807, 2.05) is 68.4 Å². The molecule has 0 fully saturated rings. The SMILES string of the molecule is CCCNC(=O)[C@H](Cc1ccccc1)N(Cc1cccc(C)c1)C(=O)CN(c1ccc(Cl)cc1)S(=O)(=O)c1ccccc1. The molecule has 0 saturated carbocycles. The Kier molecular flexibility index (Phi) is 11.0. The van der Waals surface area contributed by atoms with Crippen LogP contribution < -0.4 is 9.62 Å². The van der Waals surface area contributed by atoms with E-state index in [2.05, 4.69) is 5.32 Å². The van der Waals surface area contributed by atoms with Gasteiger partial charge in [0.25, 0.3) is 10.0 Å². The smallest absolute Gasteiger partial charge is 0.264 e. The molecule has 0 spiro atoms. The molecule has 43 heavy (non-hydrogen) atoms. The molecule has 0 aliphatic heterocycles. The average Bonchev–Trinajstić information content (AvgIpc) is 3.01. The van der Waals surface area contributed by atoms with Crippen LogP contribution in [0.25, 0.3) is 0 Å². The maximum absolute atomic E-state index is 14.4. The summed E-state index contributed by atoms with van der Waals surface area (Å²) in [4.78, 5) is 29.6. The van der Waals surface area contributed by atoms with E-state index in [-0.39, 0.29) is 29.5 Å². The Balaban J connectivity index is 1.78. The van der Waals surface area contributed by atoms with Crippen LogP contribution in [0.3, 0.4) is 0 Å². The summed E-state index contributed by atoms with van der Waals surface area (Å²) in [5.74, 6) is -0.806. The first kappa shape index (κ1) is 31.8. The molecule has 4 rings (SSSR count). The molecule has 0 aliphatic carbocycles. The molecule has 0 unspecified atom stereocenters. The lowest BCUT2D eigenvalue weighted by molar-refractivity contribution is -0.140. The molecular formula is C34H36ClN3O4S. The van der Waals surface area contributed by atoms with E-state index < -0.39 is 28.5 Å². The highest BCUT2D eigenvalue weighted by molar-refractivity contribution is 7.92. The van der Waals surface area contributed by atoms with Crippen molar-refractivity contribution in [3.8, 4) is 0 Å². The number of halogens is 1. The summed E-state index contributed by atoms with van der Waals surface area (Å²) in [5, 5.41) is 3.39. The fourth-order valence-electron chi connectivity index (χ4n) is 4.78. The molecule has 0 radical (unpaired) electrons. The molecular weight excluding hydrogens is 582 g/mol. The van der Waals surface area contributed by atoms with Crippen molar-refractivity contribution < 1.29 is 18.0 Å². The lowest BCUT2D eigenvalue weighted by Gasteiger charge is -2.34. The summed E-state index contributed by atoms with van der Waals surface area (Å²) in [6, 6.07) is 30.6. The monoisotopic (exact) mass is 617 g/mol. The second-order valence-corrected chi connectivity index (χ2v) is 12.6. The third-order valence-electron chi connectivity index (χ3n) is 6.98. The zero-order valence-electron chi connectivity index (χ0n) is 24.3. The predicted molar refractivity (Wildman–Crippen MR) is 171 cm³/mol. The number of hydrogen-bond donors (Lipinski definition) is 1. The molecule has 0 aromatic heterocycles. The van der Waals surface area contributed by atoms with Gasteiger partial charge in [0.15, 0.2) is 0 Å². The van der Waals surface area contributed by atoms with Gasteiger partial charge in [0.2, 0.25) is 11.8 Å². The zero-order valence-corrected chi connectivity index (χ0v) is 25.9. The zero-order chi connectivity index (χ0) is 30.8. The van der Waals surface area contributed by atoms with E-state index in [9.17, 15) is 18.0 Å². The summed E-state index contributed by atoms with van der Waals surface area (Å²) >= 11 is 6.11. The molecule has 2 amide bonds. The highest BCUT2D eigenvalue weighted by atomic mass is 35.5. The maximum Gasteiger partial charge on any atom is 0.264 e. The lowest BCUT2D eigenvalue weighted by Crippen LogP contribution is -2.53. The van der Waals surface area contributed by atoms with Gasteiger partial charge in [-0.1, -0.05) is 96.9 Å². The fourth-order valence-corrected chi connectivity index (χ4v) is 6.34. The molecule has 0 bridgehead atoms. The minimum atomic E-state index is -4.15. The minimum Gasteiger partial charge on any atom is -0.354 e. The Hall–Kier alpha value is -4.14. The first-order chi connectivity index (χ1) is 20.7. The van der Waals surface area contributed by atoms with E-state index in [0.717, 1.165) is 27.4 Å². The Bertz CT molecular complexity index is 1610. The minimum absolute atomic E-state index is 0.0458. The van der Waals surface area contributed by atoms with Crippen molar-refractivity contribution in [3.05, 3.63) is 131 Å². The number of sulfonamides is 1. The molecule has 4 aromatic rings. The number of amides is 2. The number of rotatable bonds is 13. The Labute approximate surface area is 259 Å². The van der Waals surface area contributed by atoms with Gasteiger partial charge in [-0.15, -0.1) is 0 Å². The predicted octanol–water partition coefficient (Wildman–Crippen LogP) is 6.01. The second-order valence-electron chi connectivity index (χ2n) is 10.3. The molecule has 1 atom stereocenters. The van der Waals surface area contributed by atoms with E-state index in [1.54, 1.807) is 42.5 Å². The van der Waals surface area contributed by atoms with Crippen LogP contribution >= 0.6 is 11.6 Å². The summed E-state index contributed by atoms with van der Waals surface area (Å²) in [6.07, 6.45) is 0.996. The molecule has 0 saturated heterocycles. The van der Waals surface area contributed by atoms with Crippen molar-refractivity contribution in [2.45, 2.75) is 44.2 Å². The van der Waals surface area contributed by atoms with Gasteiger partial charge >= 0.3 is 0 Å². The van der Waals surface area contributed by atoms with Crippen LogP contribution in [0.15, 0.2) is 114 Å². The number of benzene rings is 4. The third-order valence-corrected chi connectivity index (χ3v) is 9.02. The van der Waals surface area contributed by atoms with Crippen molar-refractivity contribution in [1.82, 2.24) is 10.2 Å². The maximum atomic E-state index is 14.4. The first-order valence-corrected chi connectivity index (χ1v) is 16.0. The molecule has 224 valence electrons. The number of aryl methyl sites for hydroxylation is 1. The normalized spacial score (nSPS) is 11.9. The molecule has 1 N–H and O–H groups in total. The number of anilines is 1. The lowest BCUT2D eigenvalue weighted by atomic mass is 10.0. The summed E-state index contributed by atoms with van der Waals surface area (Å²) in [6.45, 7) is 3.98. The van der Waals surface area contributed by atoms with E-state index in [0.29, 0.717) is 11.6 Å². The van der Waals surface area contributed by atoms with Crippen LogP contribution in [0, 0.1) is 6.92 Å². The van der Waals surface area contributed by atoms with Gasteiger partial charge in [0.1, 0.15) is 12.6 Å². The molecule has 7 nitrogen and oxygen atoms in total. The molecule has 0 aliphatic rings. The Morgan fingerprint density at radius 3 is 2.09 bits per heavy atom. The van der Waals surface area contributed by atoms with Crippen LogP contribution in [0.1, 0.15) is 30.0 Å².